The molecule has 4 aromatic rings. The number of halogens is 2. The molecular formula is C19H12Cl2N2. The van der Waals surface area contributed by atoms with Gasteiger partial charge in [-0.1, -0.05) is 53.5 Å². The normalized spacial score (nSPS) is 11.0. The Balaban J connectivity index is 2.01. The van der Waals surface area contributed by atoms with E-state index in [9.17, 15) is 0 Å². The molecule has 2 aromatic carbocycles. The number of rotatable bonds is 2. The number of benzene rings is 2. The van der Waals surface area contributed by atoms with Gasteiger partial charge in [-0.05, 0) is 36.4 Å². The van der Waals surface area contributed by atoms with Crippen LogP contribution in [-0.4, -0.2) is 9.38 Å². The molecule has 4 heteroatoms. The molecule has 0 N–H and O–H groups in total. The van der Waals surface area contributed by atoms with Crippen LogP contribution in [-0.2, 0) is 0 Å². The van der Waals surface area contributed by atoms with E-state index in [-0.39, 0.29) is 0 Å². The van der Waals surface area contributed by atoms with Gasteiger partial charge in [0.1, 0.15) is 5.65 Å². The lowest BCUT2D eigenvalue weighted by Gasteiger charge is -2.06. The third-order valence-corrected chi connectivity index (χ3v) is 4.27. The van der Waals surface area contributed by atoms with Crippen molar-refractivity contribution in [1.82, 2.24) is 9.38 Å². The van der Waals surface area contributed by atoms with Gasteiger partial charge in [-0.2, -0.15) is 0 Å². The van der Waals surface area contributed by atoms with Crippen LogP contribution < -0.4 is 0 Å². The molecule has 0 unspecified atom stereocenters. The van der Waals surface area contributed by atoms with Crippen LogP contribution in [0.2, 0.25) is 10.0 Å². The van der Waals surface area contributed by atoms with Gasteiger partial charge in [0.15, 0.2) is 0 Å². The Morgan fingerprint density at radius 1 is 0.696 bits per heavy atom. The Morgan fingerprint density at radius 3 is 1.96 bits per heavy atom. The van der Waals surface area contributed by atoms with Crippen LogP contribution in [0.1, 0.15) is 0 Å². The summed E-state index contributed by atoms with van der Waals surface area (Å²) >= 11 is 12.0. The van der Waals surface area contributed by atoms with E-state index >= 15 is 0 Å². The molecule has 0 aliphatic rings. The molecule has 0 radical (unpaired) electrons. The lowest BCUT2D eigenvalue weighted by atomic mass is 10.0. The number of hydrogen-bond donors (Lipinski definition) is 0. The summed E-state index contributed by atoms with van der Waals surface area (Å²) in [5.74, 6) is 0. The van der Waals surface area contributed by atoms with Gasteiger partial charge in [-0.3, -0.25) is 4.40 Å². The van der Waals surface area contributed by atoms with Crippen molar-refractivity contribution in [2.45, 2.75) is 0 Å². The van der Waals surface area contributed by atoms with Gasteiger partial charge >= 0.3 is 0 Å². The van der Waals surface area contributed by atoms with Gasteiger partial charge in [-0.15, -0.1) is 0 Å². The summed E-state index contributed by atoms with van der Waals surface area (Å²) in [6, 6.07) is 21.5. The van der Waals surface area contributed by atoms with Crippen LogP contribution in [0.15, 0.2) is 72.9 Å². The molecule has 0 aliphatic carbocycles. The van der Waals surface area contributed by atoms with Crippen LogP contribution in [0.4, 0.5) is 0 Å². The molecule has 0 bridgehead atoms. The van der Waals surface area contributed by atoms with Crippen molar-refractivity contribution >= 4 is 28.8 Å². The zero-order chi connectivity index (χ0) is 15.8. The number of pyridine rings is 1. The third-order valence-electron chi connectivity index (χ3n) is 3.77. The van der Waals surface area contributed by atoms with Crippen molar-refractivity contribution in [3.63, 3.8) is 0 Å². The van der Waals surface area contributed by atoms with Gasteiger partial charge in [0.25, 0.3) is 0 Å². The summed E-state index contributed by atoms with van der Waals surface area (Å²) in [5, 5.41) is 1.43. The van der Waals surface area contributed by atoms with E-state index in [4.69, 9.17) is 28.2 Å². The highest BCUT2D eigenvalue weighted by atomic mass is 35.5. The summed E-state index contributed by atoms with van der Waals surface area (Å²) in [5.41, 5.74) is 4.97. The Hall–Kier alpha value is -2.29. The molecule has 2 aromatic heterocycles. The molecular weight excluding hydrogens is 327 g/mol. The molecule has 0 atom stereocenters. The number of hydrogen-bond acceptors (Lipinski definition) is 1. The van der Waals surface area contributed by atoms with Crippen molar-refractivity contribution in [3.05, 3.63) is 83.0 Å². The first-order valence-electron chi connectivity index (χ1n) is 7.21. The summed E-state index contributed by atoms with van der Waals surface area (Å²) in [6.07, 6.45) is 2.02. The summed E-state index contributed by atoms with van der Waals surface area (Å²) < 4.78 is 2.09. The number of fused-ring (bicyclic) bond motifs is 1. The van der Waals surface area contributed by atoms with Crippen LogP contribution in [0.25, 0.3) is 28.2 Å². The monoisotopic (exact) mass is 338 g/mol. The van der Waals surface area contributed by atoms with Crippen LogP contribution in [0, 0.1) is 0 Å². The fraction of sp³-hybridized carbons (Fsp3) is 0. The molecule has 0 saturated carbocycles. The van der Waals surface area contributed by atoms with E-state index in [0.29, 0.717) is 5.02 Å². The lowest BCUT2D eigenvalue weighted by Crippen LogP contribution is -1.89. The van der Waals surface area contributed by atoms with Gasteiger partial charge < -0.3 is 0 Å². The molecule has 2 heterocycles. The van der Waals surface area contributed by atoms with Crippen molar-refractivity contribution in [2.24, 2.45) is 0 Å². The average molecular weight is 339 g/mol. The number of aromatic nitrogens is 2. The predicted octanol–water partition coefficient (Wildman–Crippen LogP) is 5.98. The van der Waals surface area contributed by atoms with E-state index in [1.54, 1.807) is 0 Å². The Morgan fingerprint density at radius 2 is 1.30 bits per heavy atom. The fourth-order valence-electron chi connectivity index (χ4n) is 2.69. The maximum Gasteiger partial charge on any atom is 0.137 e. The second-order valence-electron chi connectivity index (χ2n) is 5.25. The van der Waals surface area contributed by atoms with E-state index in [1.165, 1.54) is 0 Å². The topological polar surface area (TPSA) is 17.3 Å². The summed E-state index contributed by atoms with van der Waals surface area (Å²) in [7, 11) is 0. The SMILES string of the molecule is Clc1ccc(-c2nc3ccccn3c2-c2ccc(Cl)cc2)cc1. The second kappa shape index (κ2) is 5.73. The smallest absolute Gasteiger partial charge is 0.137 e. The standard InChI is InChI=1S/C19H12Cl2N2/c20-15-8-4-13(5-9-15)18-19(14-6-10-16(21)11-7-14)23-12-2-1-3-17(23)22-18/h1-12H. The highest BCUT2D eigenvalue weighted by Gasteiger charge is 2.15. The highest BCUT2D eigenvalue weighted by Crippen LogP contribution is 2.33. The Bertz CT molecular complexity index is 971. The van der Waals surface area contributed by atoms with Crippen molar-refractivity contribution in [1.29, 1.82) is 0 Å². The zero-order valence-electron chi connectivity index (χ0n) is 12.1. The molecule has 0 spiro atoms. The molecule has 23 heavy (non-hydrogen) atoms. The maximum atomic E-state index is 6.03. The van der Waals surface area contributed by atoms with Gasteiger partial charge in [0.2, 0.25) is 0 Å². The first-order chi connectivity index (χ1) is 11.2. The Labute approximate surface area is 143 Å². The minimum atomic E-state index is 0.713. The highest BCUT2D eigenvalue weighted by molar-refractivity contribution is 6.31. The molecule has 4 rings (SSSR count). The van der Waals surface area contributed by atoms with Crippen LogP contribution in [0.5, 0.6) is 0 Å². The van der Waals surface area contributed by atoms with Crippen LogP contribution >= 0.6 is 23.2 Å². The molecule has 0 saturated heterocycles. The fourth-order valence-corrected chi connectivity index (χ4v) is 2.94. The summed E-state index contributed by atoms with van der Waals surface area (Å²) in [4.78, 5) is 4.80. The predicted molar refractivity (Wildman–Crippen MR) is 96.1 cm³/mol. The second-order valence-corrected chi connectivity index (χ2v) is 6.12. The quantitative estimate of drug-likeness (QED) is 0.439. The average Bonchev–Trinajstić information content (AvgIpc) is 2.96. The number of nitrogens with zero attached hydrogens (tertiary/aromatic N) is 2. The number of imidazole rings is 1. The van der Waals surface area contributed by atoms with E-state index in [0.717, 1.165) is 33.2 Å². The largest absolute Gasteiger partial charge is 0.299 e. The lowest BCUT2D eigenvalue weighted by molar-refractivity contribution is 1.19. The van der Waals surface area contributed by atoms with Crippen LogP contribution in [0.3, 0.4) is 0 Å². The van der Waals surface area contributed by atoms with Gasteiger partial charge in [-0.25, -0.2) is 4.98 Å². The van der Waals surface area contributed by atoms with E-state index in [2.05, 4.69) is 4.40 Å². The first-order valence-corrected chi connectivity index (χ1v) is 7.97. The molecule has 0 fully saturated rings. The molecule has 2 nitrogen and oxygen atoms in total. The third kappa shape index (κ3) is 2.61. The van der Waals surface area contributed by atoms with Crippen molar-refractivity contribution < 1.29 is 0 Å². The van der Waals surface area contributed by atoms with E-state index in [1.807, 2.05) is 72.9 Å². The first kappa shape index (κ1) is 14.3. The van der Waals surface area contributed by atoms with Gasteiger partial charge in [0.05, 0.1) is 11.4 Å². The molecule has 0 amide bonds. The Kier molecular flexibility index (Phi) is 3.56. The maximum absolute atomic E-state index is 6.03. The zero-order valence-corrected chi connectivity index (χ0v) is 13.6. The van der Waals surface area contributed by atoms with E-state index < -0.39 is 0 Å². The summed E-state index contributed by atoms with van der Waals surface area (Å²) in [6.45, 7) is 0. The molecule has 112 valence electrons. The minimum Gasteiger partial charge on any atom is -0.299 e. The minimum absolute atomic E-state index is 0.713. The molecule has 0 aliphatic heterocycles. The van der Waals surface area contributed by atoms with Crippen molar-refractivity contribution in [3.8, 4) is 22.5 Å². The van der Waals surface area contributed by atoms with Crippen molar-refractivity contribution in [2.75, 3.05) is 0 Å². The van der Waals surface area contributed by atoms with Gasteiger partial charge in [0, 0.05) is 27.4 Å².